The minimum atomic E-state index is -0.746. The molecule has 0 aromatic carbocycles. The number of amides is 1. The van der Waals surface area contributed by atoms with Gasteiger partial charge in [0.1, 0.15) is 5.41 Å². The van der Waals surface area contributed by atoms with Crippen molar-refractivity contribution in [1.82, 2.24) is 5.32 Å². The molecule has 0 aliphatic heterocycles. The maximum Gasteiger partial charge on any atom is 0.234 e. The highest BCUT2D eigenvalue weighted by Gasteiger charge is 2.46. The van der Waals surface area contributed by atoms with Crippen molar-refractivity contribution in [2.45, 2.75) is 51.0 Å². The average Bonchev–Trinajstić information content (AvgIpc) is 2.72. The van der Waals surface area contributed by atoms with Crippen LogP contribution in [0.25, 0.3) is 0 Å². The van der Waals surface area contributed by atoms with Crippen molar-refractivity contribution in [1.29, 1.82) is 0 Å². The summed E-state index contributed by atoms with van der Waals surface area (Å²) < 4.78 is 0. The van der Waals surface area contributed by atoms with Crippen molar-refractivity contribution in [2.75, 3.05) is 0 Å². The predicted molar refractivity (Wildman–Crippen MR) is 60.1 cm³/mol. The van der Waals surface area contributed by atoms with Gasteiger partial charge < -0.3 is 16.3 Å². The molecule has 0 aromatic heterocycles. The monoisotopic (exact) mass is 225 g/mol. The second-order valence-electron chi connectivity index (χ2n) is 4.88. The molecule has 5 heteroatoms. The number of nitrogens with two attached hydrogens (primary N) is 1. The smallest absolute Gasteiger partial charge is 0.234 e. The maximum absolute atomic E-state index is 12.2. The Morgan fingerprint density at radius 2 is 1.94 bits per heavy atom. The van der Waals surface area contributed by atoms with Crippen molar-refractivity contribution in [3.05, 3.63) is 0 Å². The minimum absolute atomic E-state index is 0.0509. The Balaban J connectivity index is 2.08. The lowest BCUT2D eigenvalue weighted by Crippen LogP contribution is -2.52. The van der Waals surface area contributed by atoms with Crippen molar-refractivity contribution in [3.63, 3.8) is 0 Å². The molecule has 1 amide bonds. The molecule has 5 nitrogen and oxygen atoms in total. The molecule has 0 bridgehead atoms. The zero-order chi connectivity index (χ0) is 11.6. The van der Waals surface area contributed by atoms with Crippen LogP contribution in [0.3, 0.4) is 0 Å². The van der Waals surface area contributed by atoms with Gasteiger partial charge in [0, 0.05) is 6.04 Å². The highest BCUT2D eigenvalue weighted by molar-refractivity contribution is 6.07. The SMILES string of the molecule is NC(=NO)C1(C(=O)NC2CCC2)CCCC1. The summed E-state index contributed by atoms with van der Waals surface area (Å²) in [4.78, 5) is 12.2. The summed E-state index contributed by atoms with van der Waals surface area (Å²) in [6.07, 6.45) is 6.61. The molecule has 0 radical (unpaired) electrons. The normalized spacial score (nSPS) is 25.1. The highest BCUT2D eigenvalue weighted by Crippen LogP contribution is 2.39. The van der Waals surface area contributed by atoms with E-state index in [2.05, 4.69) is 10.5 Å². The second kappa shape index (κ2) is 4.31. The van der Waals surface area contributed by atoms with Gasteiger partial charge in [0.2, 0.25) is 5.91 Å². The first-order valence-corrected chi connectivity index (χ1v) is 5.98. The van der Waals surface area contributed by atoms with Crippen molar-refractivity contribution < 1.29 is 10.0 Å². The van der Waals surface area contributed by atoms with Crippen LogP contribution in [0.2, 0.25) is 0 Å². The molecule has 2 saturated carbocycles. The Hall–Kier alpha value is -1.26. The summed E-state index contributed by atoms with van der Waals surface area (Å²) in [5.41, 5.74) is 4.94. The Labute approximate surface area is 95.1 Å². The summed E-state index contributed by atoms with van der Waals surface area (Å²) in [5, 5.41) is 14.8. The van der Waals surface area contributed by atoms with Crippen LogP contribution >= 0.6 is 0 Å². The summed E-state index contributed by atoms with van der Waals surface area (Å²) >= 11 is 0. The molecule has 2 fully saturated rings. The van der Waals surface area contributed by atoms with Crippen LogP contribution < -0.4 is 11.1 Å². The second-order valence-corrected chi connectivity index (χ2v) is 4.88. The maximum atomic E-state index is 12.2. The van der Waals surface area contributed by atoms with Gasteiger partial charge in [-0.3, -0.25) is 4.79 Å². The van der Waals surface area contributed by atoms with E-state index < -0.39 is 5.41 Å². The number of rotatable bonds is 3. The molecule has 0 spiro atoms. The average molecular weight is 225 g/mol. The third kappa shape index (κ3) is 1.74. The topological polar surface area (TPSA) is 87.7 Å². The summed E-state index contributed by atoms with van der Waals surface area (Å²) in [5.74, 6) is 0.0202. The van der Waals surface area contributed by atoms with Gasteiger partial charge in [-0.05, 0) is 32.1 Å². The Kier molecular flexibility index (Phi) is 3.03. The van der Waals surface area contributed by atoms with Crippen molar-refractivity contribution in [2.24, 2.45) is 16.3 Å². The molecule has 16 heavy (non-hydrogen) atoms. The van der Waals surface area contributed by atoms with E-state index in [-0.39, 0.29) is 11.7 Å². The van der Waals surface area contributed by atoms with Crippen LogP contribution in [0.1, 0.15) is 44.9 Å². The zero-order valence-corrected chi connectivity index (χ0v) is 9.41. The Morgan fingerprint density at radius 3 is 2.38 bits per heavy atom. The van der Waals surface area contributed by atoms with Crippen LogP contribution in [-0.4, -0.2) is 23.0 Å². The molecule has 0 aromatic rings. The molecule has 90 valence electrons. The van der Waals surface area contributed by atoms with Crippen LogP contribution in [0.15, 0.2) is 5.16 Å². The fraction of sp³-hybridized carbons (Fsp3) is 0.818. The quantitative estimate of drug-likeness (QED) is 0.289. The molecule has 4 N–H and O–H groups in total. The van der Waals surface area contributed by atoms with Gasteiger partial charge in [-0.1, -0.05) is 18.0 Å². The van der Waals surface area contributed by atoms with E-state index in [0.717, 1.165) is 25.7 Å². The predicted octanol–water partition coefficient (Wildman–Crippen LogP) is 0.962. The standard InChI is InChI=1S/C11H19N3O2/c12-9(14-16)11(6-1-2-7-11)10(15)13-8-4-3-5-8/h8,16H,1-7H2,(H2,12,14)(H,13,15). The molecule has 0 unspecified atom stereocenters. The van der Waals surface area contributed by atoms with E-state index >= 15 is 0 Å². The molecule has 0 atom stereocenters. The molecule has 2 rings (SSSR count). The van der Waals surface area contributed by atoms with E-state index in [1.165, 1.54) is 6.42 Å². The lowest BCUT2D eigenvalue weighted by atomic mass is 9.82. The van der Waals surface area contributed by atoms with Crippen LogP contribution in [0, 0.1) is 5.41 Å². The first kappa shape index (κ1) is 11.2. The minimum Gasteiger partial charge on any atom is -0.409 e. The fourth-order valence-electron chi connectivity index (χ4n) is 2.55. The number of oxime groups is 1. The van der Waals surface area contributed by atoms with Gasteiger partial charge in [-0.25, -0.2) is 0 Å². The number of amidine groups is 1. The summed E-state index contributed by atoms with van der Waals surface area (Å²) in [6.45, 7) is 0. The van der Waals surface area contributed by atoms with E-state index in [4.69, 9.17) is 10.9 Å². The van der Waals surface area contributed by atoms with Crippen molar-refractivity contribution in [3.8, 4) is 0 Å². The van der Waals surface area contributed by atoms with Gasteiger partial charge in [-0.15, -0.1) is 0 Å². The van der Waals surface area contributed by atoms with Gasteiger partial charge in [0.05, 0.1) is 0 Å². The zero-order valence-electron chi connectivity index (χ0n) is 9.41. The first-order valence-electron chi connectivity index (χ1n) is 5.98. The molecule has 2 aliphatic carbocycles. The van der Waals surface area contributed by atoms with Crippen LogP contribution in [0.5, 0.6) is 0 Å². The molecular formula is C11H19N3O2. The van der Waals surface area contributed by atoms with E-state index in [1.54, 1.807) is 0 Å². The third-order valence-electron chi connectivity index (χ3n) is 3.93. The van der Waals surface area contributed by atoms with Crippen molar-refractivity contribution >= 4 is 11.7 Å². The lowest BCUT2D eigenvalue weighted by Gasteiger charge is -2.32. The molecule has 2 aliphatic rings. The number of hydrogen-bond acceptors (Lipinski definition) is 3. The number of carbonyl (C=O) groups excluding carboxylic acids is 1. The van der Waals surface area contributed by atoms with Gasteiger partial charge in [0.25, 0.3) is 0 Å². The summed E-state index contributed by atoms with van der Waals surface area (Å²) in [7, 11) is 0. The van der Waals surface area contributed by atoms with E-state index in [9.17, 15) is 4.79 Å². The van der Waals surface area contributed by atoms with Gasteiger partial charge in [-0.2, -0.15) is 0 Å². The Morgan fingerprint density at radius 1 is 1.31 bits per heavy atom. The molecule has 0 saturated heterocycles. The van der Waals surface area contributed by atoms with Gasteiger partial charge in [0.15, 0.2) is 5.84 Å². The molecule has 0 heterocycles. The van der Waals surface area contributed by atoms with Crippen LogP contribution in [0.4, 0.5) is 0 Å². The fourth-order valence-corrected chi connectivity index (χ4v) is 2.55. The number of carbonyl (C=O) groups is 1. The summed E-state index contributed by atoms with van der Waals surface area (Å²) in [6, 6.07) is 0.302. The van der Waals surface area contributed by atoms with Gasteiger partial charge >= 0.3 is 0 Å². The van der Waals surface area contributed by atoms with E-state index in [1.807, 2.05) is 0 Å². The number of nitrogens with one attached hydrogen (secondary N) is 1. The lowest BCUT2D eigenvalue weighted by molar-refractivity contribution is -0.128. The first-order chi connectivity index (χ1) is 7.69. The number of nitrogens with zero attached hydrogens (tertiary/aromatic N) is 1. The third-order valence-corrected chi connectivity index (χ3v) is 3.93. The van der Waals surface area contributed by atoms with Crippen LogP contribution in [-0.2, 0) is 4.79 Å². The number of hydrogen-bond donors (Lipinski definition) is 3. The molecular weight excluding hydrogens is 206 g/mol. The largest absolute Gasteiger partial charge is 0.409 e. The van der Waals surface area contributed by atoms with E-state index in [0.29, 0.717) is 18.9 Å². The highest BCUT2D eigenvalue weighted by atomic mass is 16.4. The Bertz CT molecular complexity index is 304.